The Morgan fingerprint density at radius 3 is 2.67 bits per heavy atom. The van der Waals surface area contributed by atoms with Crippen LogP contribution in [0.5, 0.6) is 0 Å². The molecule has 0 N–H and O–H groups in total. The highest BCUT2D eigenvalue weighted by molar-refractivity contribution is 5.93. The quantitative estimate of drug-likeness (QED) is 0.850. The summed E-state index contributed by atoms with van der Waals surface area (Å²) in [5, 5.41) is 4.47. The second-order valence-electron chi connectivity index (χ2n) is 7.25. The summed E-state index contributed by atoms with van der Waals surface area (Å²) in [6.07, 6.45) is 2.08. The Labute approximate surface area is 144 Å². The van der Waals surface area contributed by atoms with E-state index >= 15 is 0 Å². The van der Waals surface area contributed by atoms with Gasteiger partial charge in [-0.3, -0.25) is 9.48 Å². The van der Waals surface area contributed by atoms with Crippen molar-refractivity contribution in [3.05, 3.63) is 52.3 Å². The minimum atomic E-state index is 0.0564. The van der Waals surface area contributed by atoms with Gasteiger partial charge in [-0.1, -0.05) is 37.6 Å². The van der Waals surface area contributed by atoms with Crippen LogP contribution in [0.25, 0.3) is 0 Å². The van der Waals surface area contributed by atoms with Crippen molar-refractivity contribution in [1.29, 1.82) is 0 Å². The molecule has 1 atom stereocenters. The molecule has 2 heterocycles. The van der Waals surface area contributed by atoms with Crippen molar-refractivity contribution in [2.45, 2.75) is 52.5 Å². The molecule has 0 aliphatic carbocycles. The molecule has 1 aromatic carbocycles. The topological polar surface area (TPSA) is 38.1 Å². The Bertz CT molecular complexity index is 760. The molecule has 0 radical (unpaired) electrons. The molecule has 0 saturated carbocycles. The lowest BCUT2D eigenvalue weighted by Gasteiger charge is -2.26. The number of hydrogen-bond donors (Lipinski definition) is 0. The Hall–Kier alpha value is -2.10. The van der Waals surface area contributed by atoms with Gasteiger partial charge in [0.15, 0.2) is 5.69 Å². The van der Waals surface area contributed by atoms with Gasteiger partial charge in [-0.15, -0.1) is 0 Å². The maximum atomic E-state index is 13.1. The van der Waals surface area contributed by atoms with Gasteiger partial charge in [0.05, 0.1) is 6.04 Å². The predicted molar refractivity (Wildman–Crippen MR) is 96.2 cm³/mol. The molecule has 0 bridgehead atoms. The lowest BCUT2D eigenvalue weighted by Crippen LogP contribution is -2.31. The fourth-order valence-electron chi connectivity index (χ4n) is 3.73. The number of benzene rings is 1. The maximum absolute atomic E-state index is 13.1. The van der Waals surface area contributed by atoms with Gasteiger partial charge in [0.2, 0.25) is 0 Å². The molecule has 24 heavy (non-hydrogen) atoms. The van der Waals surface area contributed by atoms with Crippen LogP contribution in [0.2, 0.25) is 0 Å². The van der Waals surface area contributed by atoms with E-state index in [1.54, 1.807) is 0 Å². The molecular formula is C20H27N3O. The van der Waals surface area contributed by atoms with Crippen LogP contribution < -0.4 is 0 Å². The second-order valence-corrected chi connectivity index (χ2v) is 7.25. The smallest absolute Gasteiger partial charge is 0.274 e. The SMILES string of the molecule is Cc1ccc(C)c([C@H]2CCCN2C(=O)c2cc(C(C)C)n(C)n2)c1. The molecule has 4 heteroatoms. The summed E-state index contributed by atoms with van der Waals surface area (Å²) < 4.78 is 1.83. The zero-order chi connectivity index (χ0) is 17.4. The predicted octanol–water partition coefficient (Wildman–Crippen LogP) is 4.14. The van der Waals surface area contributed by atoms with Gasteiger partial charge < -0.3 is 4.90 Å². The first kappa shape index (κ1) is 16.7. The van der Waals surface area contributed by atoms with Gasteiger partial charge in [-0.2, -0.15) is 5.10 Å². The van der Waals surface area contributed by atoms with Crippen molar-refractivity contribution in [3.63, 3.8) is 0 Å². The molecule has 3 rings (SSSR count). The van der Waals surface area contributed by atoms with E-state index < -0.39 is 0 Å². The lowest BCUT2D eigenvalue weighted by atomic mass is 9.97. The Kier molecular flexibility index (Phi) is 4.48. The van der Waals surface area contributed by atoms with Crippen molar-refractivity contribution >= 4 is 5.91 Å². The fourth-order valence-corrected chi connectivity index (χ4v) is 3.73. The lowest BCUT2D eigenvalue weighted by molar-refractivity contribution is 0.0728. The highest BCUT2D eigenvalue weighted by Crippen LogP contribution is 2.35. The third kappa shape index (κ3) is 2.97. The van der Waals surface area contributed by atoms with Crippen molar-refractivity contribution in [1.82, 2.24) is 14.7 Å². The molecular weight excluding hydrogens is 298 g/mol. The first-order valence-electron chi connectivity index (χ1n) is 8.80. The molecule has 1 aliphatic rings. The number of hydrogen-bond acceptors (Lipinski definition) is 2. The number of aromatic nitrogens is 2. The largest absolute Gasteiger partial charge is 0.330 e. The van der Waals surface area contributed by atoms with E-state index in [1.807, 2.05) is 22.7 Å². The summed E-state index contributed by atoms with van der Waals surface area (Å²) >= 11 is 0. The molecule has 1 aliphatic heterocycles. The molecule has 4 nitrogen and oxygen atoms in total. The van der Waals surface area contributed by atoms with Crippen LogP contribution in [0.4, 0.5) is 0 Å². The highest BCUT2D eigenvalue weighted by atomic mass is 16.2. The van der Waals surface area contributed by atoms with Crippen LogP contribution >= 0.6 is 0 Å². The average Bonchev–Trinajstić information content (AvgIpc) is 3.15. The Morgan fingerprint density at radius 2 is 2.00 bits per heavy atom. The minimum Gasteiger partial charge on any atom is -0.330 e. The van der Waals surface area contributed by atoms with Crippen LogP contribution in [0.1, 0.15) is 71.5 Å². The number of aryl methyl sites for hydroxylation is 3. The molecule has 128 valence electrons. The van der Waals surface area contributed by atoms with Crippen molar-refractivity contribution in [2.75, 3.05) is 6.54 Å². The molecule has 1 saturated heterocycles. The Balaban J connectivity index is 1.91. The second kappa shape index (κ2) is 6.42. The standard InChI is InChI=1S/C20H27N3O/c1-13(2)19-12-17(21-22(19)5)20(24)23-10-6-7-18(23)16-11-14(3)8-9-15(16)4/h8-9,11-13,18H,6-7,10H2,1-5H3/t18-/m1/s1. The van der Waals surface area contributed by atoms with E-state index in [-0.39, 0.29) is 11.9 Å². The maximum Gasteiger partial charge on any atom is 0.274 e. The summed E-state index contributed by atoms with van der Waals surface area (Å²) in [5.74, 6) is 0.415. The monoisotopic (exact) mass is 325 g/mol. The molecule has 2 aromatic rings. The highest BCUT2D eigenvalue weighted by Gasteiger charge is 2.32. The molecule has 1 amide bonds. The molecule has 1 fully saturated rings. The normalized spacial score (nSPS) is 17.8. The number of likely N-dealkylation sites (tertiary alicyclic amines) is 1. The number of amides is 1. The average molecular weight is 325 g/mol. The molecule has 0 unspecified atom stereocenters. The van der Waals surface area contributed by atoms with E-state index in [9.17, 15) is 4.79 Å². The Morgan fingerprint density at radius 1 is 1.25 bits per heavy atom. The zero-order valence-electron chi connectivity index (χ0n) is 15.3. The van der Waals surface area contributed by atoms with Crippen molar-refractivity contribution in [2.24, 2.45) is 7.05 Å². The van der Waals surface area contributed by atoms with E-state index in [4.69, 9.17) is 0 Å². The number of rotatable bonds is 3. The first-order valence-corrected chi connectivity index (χ1v) is 8.80. The van der Waals surface area contributed by atoms with Gasteiger partial charge >= 0.3 is 0 Å². The van der Waals surface area contributed by atoms with E-state index in [0.717, 1.165) is 25.1 Å². The minimum absolute atomic E-state index is 0.0564. The number of carbonyl (C=O) groups excluding carboxylic acids is 1. The summed E-state index contributed by atoms with van der Waals surface area (Å²) in [6.45, 7) is 9.30. The van der Waals surface area contributed by atoms with Crippen LogP contribution in [0.3, 0.4) is 0 Å². The van der Waals surface area contributed by atoms with Crippen LogP contribution in [0.15, 0.2) is 24.3 Å². The summed E-state index contributed by atoms with van der Waals surface area (Å²) in [7, 11) is 1.91. The molecule has 1 aromatic heterocycles. The number of nitrogens with zero attached hydrogens (tertiary/aromatic N) is 3. The van der Waals surface area contributed by atoms with E-state index in [2.05, 4.69) is 51.0 Å². The van der Waals surface area contributed by atoms with Crippen LogP contribution in [-0.2, 0) is 7.05 Å². The van der Waals surface area contributed by atoms with E-state index in [1.165, 1.54) is 16.7 Å². The van der Waals surface area contributed by atoms with Crippen molar-refractivity contribution < 1.29 is 4.79 Å². The summed E-state index contributed by atoms with van der Waals surface area (Å²) in [5.41, 5.74) is 5.45. The van der Waals surface area contributed by atoms with Gasteiger partial charge in [0, 0.05) is 19.3 Å². The van der Waals surface area contributed by atoms with Gasteiger partial charge in [0.1, 0.15) is 0 Å². The third-order valence-electron chi connectivity index (χ3n) is 5.03. The number of carbonyl (C=O) groups is 1. The van der Waals surface area contributed by atoms with Crippen LogP contribution in [-0.4, -0.2) is 27.1 Å². The summed E-state index contributed by atoms with van der Waals surface area (Å²) in [6, 6.07) is 8.63. The van der Waals surface area contributed by atoms with Gasteiger partial charge in [0.25, 0.3) is 5.91 Å². The fraction of sp³-hybridized carbons (Fsp3) is 0.500. The van der Waals surface area contributed by atoms with Crippen LogP contribution in [0, 0.1) is 13.8 Å². The van der Waals surface area contributed by atoms with Crippen molar-refractivity contribution in [3.8, 4) is 0 Å². The molecule has 0 spiro atoms. The summed E-state index contributed by atoms with van der Waals surface area (Å²) in [4.78, 5) is 15.1. The first-order chi connectivity index (χ1) is 11.4. The van der Waals surface area contributed by atoms with Gasteiger partial charge in [-0.05, 0) is 49.8 Å². The third-order valence-corrected chi connectivity index (χ3v) is 5.03. The van der Waals surface area contributed by atoms with Gasteiger partial charge in [-0.25, -0.2) is 0 Å². The zero-order valence-corrected chi connectivity index (χ0v) is 15.3. The van der Waals surface area contributed by atoms with E-state index in [0.29, 0.717) is 11.6 Å².